The first-order valence-electron chi connectivity index (χ1n) is 11.5. The largest absolute Gasteiger partial charge is 0.490 e. The number of fused-ring (bicyclic) bond motifs is 1. The topological polar surface area (TPSA) is 81.5 Å². The highest BCUT2D eigenvalue weighted by molar-refractivity contribution is 5.87. The van der Waals surface area contributed by atoms with Crippen molar-refractivity contribution in [2.45, 2.75) is 18.2 Å². The first kappa shape index (κ1) is 22.2. The molecule has 1 aliphatic heterocycles. The minimum Gasteiger partial charge on any atom is -0.490 e. The number of aliphatic hydroxyl groups is 1. The number of ether oxygens (including phenoxy) is 2. The van der Waals surface area contributed by atoms with E-state index in [4.69, 9.17) is 14.7 Å². The van der Waals surface area contributed by atoms with E-state index >= 15 is 0 Å². The molecule has 1 aromatic heterocycles. The fraction of sp³-hybridized carbons (Fsp3) is 0.250. The summed E-state index contributed by atoms with van der Waals surface area (Å²) >= 11 is 0. The van der Waals surface area contributed by atoms with Gasteiger partial charge in [0.1, 0.15) is 30.2 Å². The van der Waals surface area contributed by atoms with Crippen molar-refractivity contribution in [1.29, 1.82) is 5.26 Å². The molecule has 4 aromatic rings. The number of aromatic amines is 1. The lowest BCUT2D eigenvalue weighted by molar-refractivity contribution is -0.0944. The molecule has 3 aromatic carbocycles. The van der Waals surface area contributed by atoms with Crippen molar-refractivity contribution >= 4 is 10.9 Å². The normalized spacial score (nSPS) is 15.2. The number of hydrogen-bond acceptors (Lipinski definition) is 5. The fourth-order valence-corrected chi connectivity index (χ4v) is 4.47. The third-order valence-electron chi connectivity index (χ3n) is 6.17. The summed E-state index contributed by atoms with van der Waals surface area (Å²) in [6.07, 6.45) is -0.659. The van der Waals surface area contributed by atoms with E-state index in [1.54, 1.807) is 6.07 Å². The first-order valence-corrected chi connectivity index (χ1v) is 11.5. The molecule has 0 radical (unpaired) electrons. The number of H-pyrrole nitrogens is 1. The summed E-state index contributed by atoms with van der Waals surface area (Å²) in [5, 5.41) is 20.3. The Kier molecular flexibility index (Phi) is 6.59. The average Bonchev–Trinajstić information content (AvgIpc) is 3.29. The SMILES string of the molecule is N#Cc1cc2c(OC[C@H](O)COC3CN(C(c4ccccc4)c4ccccc4)C3)cccc2[nH]1. The highest BCUT2D eigenvalue weighted by Crippen LogP contribution is 2.33. The van der Waals surface area contributed by atoms with E-state index in [0.29, 0.717) is 11.4 Å². The van der Waals surface area contributed by atoms with Gasteiger partial charge >= 0.3 is 0 Å². The molecule has 172 valence electrons. The van der Waals surface area contributed by atoms with E-state index in [1.165, 1.54) is 11.1 Å². The summed E-state index contributed by atoms with van der Waals surface area (Å²) in [6, 6.07) is 30.7. The van der Waals surface area contributed by atoms with Crippen molar-refractivity contribution in [2.24, 2.45) is 0 Å². The van der Waals surface area contributed by atoms with Crippen LogP contribution in [0.25, 0.3) is 10.9 Å². The average molecular weight is 454 g/mol. The molecule has 34 heavy (non-hydrogen) atoms. The van der Waals surface area contributed by atoms with Crippen LogP contribution in [-0.4, -0.2) is 53.5 Å². The Hall–Kier alpha value is -3.63. The molecule has 1 aliphatic rings. The summed E-state index contributed by atoms with van der Waals surface area (Å²) < 4.78 is 11.8. The molecule has 2 N–H and O–H groups in total. The Bertz CT molecular complexity index is 1220. The van der Waals surface area contributed by atoms with Crippen LogP contribution < -0.4 is 4.74 Å². The molecule has 2 heterocycles. The van der Waals surface area contributed by atoms with Crippen LogP contribution in [0.15, 0.2) is 84.9 Å². The predicted octanol–water partition coefficient (Wildman–Crippen LogP) is 4.27. The molecular formula is C28H27N3O3. The van der Waals surface area contributed by atoms with E-state index in [1.807, 2.05) is 30.3 Å². The molecule has 1 fully saturated rings. The van der Waals surface area contributed by atoms with Gasteiger partial charge in [0.15, 0.2) is 0 Å². The molecular weight excluding hydrogens is 426 g/mol. The maximum atomic E-state index is 10.4. The second kappa shape index (κ2) is 10.1. The number of likely N-dealkylation sites (tertiary alicyclic amines) is 1. The zero-order chi connectivity index (χ0) is 23.3. The van der Waals surface area contributed by atoms with Crippen LogP contribution in [0.1, 0.15) is 22.9 Å². The van der Waals surface area contributed by atoms with Gasteiger partial charge in [0.25, 0.3) is 0 Å². The van der Waals surface area contributed by atoms with Crippen LogP contribution in [-0.2, 0) is 4.74 Å². The minimum atomic E-state index is -0.738. The molecule has 0 saturated carbocycles. The van der Waals surface area contributed by atoms with Gasteiger partial charge in [-0.2, -0.15) is 5.26 Å². The van der Waals surface area contributed by atoms with Gasteiger partial charge in [-0.1, -0.05) is 66.7 Å². The van der Waals surface area contributed by atoms with Crippen molar-refractivity contribution < 1.29 is 14.6 Å². The minimum absolute atomic E-state index is 0.0795. The second-order valence-corrected chi connectivity index (χ2v) is 8.61. The quantitative estimate of drug-likeness (QED) is 0.396. The van der Waals surface area contributed by atoms with Crippen LogP contribution >= 0.6 is 0 Å². The zero-order valence-corrected chi connectivity index (χ0v) is 18.8. The Morgan fingerprint density at radius 3 is 2.26 bits per heavy atom. The van der Waals surface area contributed by atoms with Gasteiger partial charge in [0.05, 0.1) is 24.3 Å². The second-order valence-electron chi connectivity index (χ2n) is 8.61. The smallest absolute Gasteiger partial charge is 0.128 e. The number of hydrogen-bond donors (Lipinski definition) is 2. The molecule has 0 spiro atoms. The third kappa shape index (κ3) is 4.82. The van der Waals surface area contributed by atoms with E-state index in [-0.39, 0.29) is 25.4 Å². The maximum Gasteiger partial charge on any atom is 0.128 e. The lowest BCUT2D eigenvalue weighted by Crippen LogP contribution is -2.54. The van der Waals surface area contributed by atoms with Gasteiger partial charge in [-0.05, 0) is 29.3 Å². The Morgan fingerprint density at radius 2 is 1.62 bits per heavy atom. The zero-order valence-electron chi connectivity index (χ0n) is 18.8. The standard InChI is InChI=1S/C28H27N3O3/c29-15-22-14-25-26(30-22)12-7-13-27(25)34-19-23(32)18-33-24-16-31(17-24)28(20-8-3-1-4-9-20)21-10-5-2-6-11-21/h1-14,23-24,28,30,32H,16-19H2/t23-/m1/s1. The van der Waals surface area contributed by atoms with Crippen molar-refractivity contribution in [3.05, 3.63) is 102 Å². The predicted molar refractivity (Wildman–Crippen MR) is 131 cm³/mol. The van der Waals surface area contributed by atoms with Crippen LogP contribution in [0.2, 0.25) is 0 Å². The summed E-state index contributed by atoms with van der Waals surface area (Å²) in [5.74, 6) is 0.637. The van der Waals surface area contributed by atoms with Crippen LogP contribution in [0.3, 0.4) is 0 Å². The van der Waals surface area contributed by atoms with Crippen LogP contribution in [0.5, 0.6) is 5.75 Å². The molecule has 1 saturated heterocycles. The summed E-state index contributed by atoms with van der Waals surface area (Å²) in [4.78, 5) is 5.43. The molecule has 0 aliphatic carbocycles. The van der Waals surface area contributed by atoms with Gasteiger partial charge in [-0.25, -0.2) is 0 Å². The highest BCUT2D eigenvalue weighted by atomic mass is 16.5. The fourth-order valence-electron chi connectivity index (χ4n) is 4.47. The van der Waals surface area contributed by atoms with Crippen molar-refractivity contribution in [1.82, 2.24) is 9.88 Å². The van der Waals surface area contributed by atoms with Gasteiger partial charge in [-0.15, -0.1) is 0 Å². The number of nitriles is 1. The lowest BCUT2D eigenvalue weighted by Gasteiger charge is -2.44. The molecule has 0 bridgehead atoms. The van der Waals surface area contributed by atoms with E-state index in [9.17, 15) is 5.11 Å². The summed E-state index contributed by atoms with van der Waals surface area (Å²) in [7, 11) is 0. The Morgan fingerprint density at radius 1 is 0.941 bits per heavy atom. The van der Waals surface area contributed by atoms with Gasteiger partial charge in [0.2, 0.25) is 0 Å². The van der Waals surface area contributed by atoms with Gasteiger partial charge in [0, 0.05) is 18.5 Å². The van der Waals surface area contributed by atoms with Gasteiger partial charge in [-0.3, -0.25) is 4.90 Å². The van der Waals surface area contributed by atoms with Gasteiger partial charge < -0.3 is 19.6 Å². The van der Waals surface area contributed by atoms with Crippen molar-refractivity contribution in [3.8, 4) is 11.8 Å². The number of rotatable bonds is 9. The Labute approximate surface area is 199 Å². The van der Waals surface area contributed by atoms with Crippen LogP contribution in [0.4, 0.5) is 0 Å². The molecule has 6 nitrogen and oxygen atoms in total. The van der Waals surface area contributed by atoms with E-state index in [0.717, 1.165) is 24.0 Å². The summed E-state index contributed by atoms with van der Waals surface area (Å²) in [5.41, 5.74) is 3.84. The number of aliphatic hydroxyl groups excluding tert-OH is 1. The third-order valence-corrected chi connectivity index (χ3v) is 6.17. The van der Waals surface area contributed by atoms with E-state index < -0.39 is 6.10 Å². The van der Waals surface area contributed by atoms with Crippen LogP contribution in [0, 0.1) is 11.3 Å². The molecule has 6 heteroatoms. The molecule has 5 rings (SSSR count). The number of nitrogens with one attached hydrogen (secondary N) is 1. The van der Waals surface area contributed by atoms with E-state index in [2.05, 4.69) is 64.5 Å². The Balaban J connectivity index is 1.13. The van der Waals surface area contributed by atoms with Crippen molar-refractivity contribution in [3.63, 3.8) is 0 Å². The molecule has 0 unspecified atom stereocenters. The van der Waals surface area contributed by atoms with Crippen molar-refractivity contribution in [2.75, 3.05) is 26.3 Å². The summed E-state index contributed by atoms with van der Waals surface area (Å²) in [6.45, 7) is 1.95. The number of benzene rings is 3. The number of nitrogens with zero attached hydrogens (tertiary/aromatic N) is 2. The first-order chi connectivity index (χ1) is 16.7. The molecule has 0 amide bonds. The number of aromatic nitrogens is 1. The highest BCUT2D eigenvalue weighted by Gasteiger charge is 2.34. The maximum absolute atomic E-state index is 10.4. The monoisotopic (exact) mass is 453 g/mol. The lowest BCUT2D eigenvalue weighted by atomic mass is 9.94. The molecule has 1 atom stereocenters.